The van der Waals surface area contributed by atoms with Gasteiger partial charge < -0.3 is 29.5 Å². The predicted molar refractivity (Wildman–Crippen MR) is 101 cm³/mol. The minimum Gasteiger partial charge on any atom is -0.507 e. The third-order valence-corrected chi connectivity index (χ3v) is 3.92. The summed E-state index contributed by atoms with van der Waals surface area (Å²) in [6.45, 7) is 8.44. The second kappa shape index (κ2) is 11.2. The number of aliphatic hydroxyl groups excluding tert-OH is 2. The number of rotatable bonds is 11. The van der Waals surface area contributed by atoms with Crippen molar-refractivity contribution in [1.82, 2.24) is 0 Å². The summed E-state index contributed by atoms with van der Waals surface area (Å²) in [5, 5.41) is 28.5. The van der Waals surface area contributed by atoms with Crippen LogP contribution in [0, 0.1) is 6.92 Å². The maximum absolute atomic E-state index is 11.9. The summed E-state index contributed by atoms with van der Waals surface area (Å²) >= 11 is 0. The Hall–Kier alpha value is -1.67. The van der Waals surface area contributed by atoms with E-state index < -0.39 is 12.3 Å². The number of esters is 1. The standard InChI is InChI=1S/C20H32O7/c1-14-11-15(12-16(19(14)24)20(2,3)4)5-6-17(22)27-18(23)13-26-10-9-25-8-7-21/h11-12,18,21,23-24H,5-10,13H2,1-4H3. The van der Waals surface area contributed by atoms with E-state index in [-0.39, 0.29) is 50.6 Å². The van der Waals surface area contributed by atoms with Gasteiger partial charge in [-0.2, -0.15) is 0 Å². The zero-order valence-corrected chi connectivity index (χ0v) is 16.7. The molecule has 0 aromatic heterocycles. The van der Waals surface area contributed by atoms with Crippen LogP contribution in [0.4, 0.5) is 0 Å². The number of aromatic hydroxyl groups is 1. The van der Waals surface area contributed by atoms with E-state index in [9.17, 15) is 15.0 Å². The maximum atomic E-state index is 11.9. The number of hydrogen-bond donors (Lipinski definition) is 3. The van der Waals surface area contributed by atoms with Crippen LogP contribution in [-0.2, 0) is 30.8 Å². The van der Waals surface area contributed by atoms with E-state index >= 15 is 0 Å². The fourth-order valence-electron chi connectivity index (χ4n) is 2.53. The molecule has 0 spiro atoms. The molecule has 0 aliphatic heterocycles. The van der Waals surface area contributed by atoms with Crippen molar-refractivity contribution in [2.75, 3.05) is 33.0 Å². The first kappa shape index (κ1) is 23.4. The van der Waals surface area contributed by atoms with E-state index in [1.807, 2.05) is 39.8 Å². The molecule has 0 bridgehead atoms. The number of aryl methyl sites for hydroxylation is 2. The molecule has 7 nitrogen and oxygen atoms in total. The summed E-state index contributed by atoms with van der Waals surface area (Å²) in [4.78, 5) is 11.9. The largest absolute Gasteiger partial charge is 0.507 e. The summed E-state index contributed by atoms with van der Waals surface area (Å²) in [6, 6.07) is 3.76. The number of hydrogen-bond acceptors (Lipinski definition) is 7. The van der Waals surface area contributed by atoms with E-state index in [2.05, 4.69) is 0 Å². The molecule has 1 unspecified atom stereocenters. The van der Waals surface area contributed by atoms with Crippen LogP contribution in [0.2, 0.25) is 0 Å². The molecule has 0 aliphatic carbocycles. The molecular weight excluding hydrogens is 352 g/mol. The number of phenolic OH excluding ortho intramolecular Hbond substituents is 1. The highest BCUT2D eigenvalue weighted by atomic mass is 16.7. The van der Waals surface area contributed by atoms with Crippen molar-refractivity contribution in [2.45, 2.75) is 52.2 Å². The smallest absolute Gasteiger partial charge is 0.308 e. The first-order chi connectivity index (χ1) is 12.6. The van der Waals surface area contributed by atoms with Gasteiger partial charge in [0.05, 0.1) is 26.4 Å². The zero-order chi connectivity index (χ0) is 20.4. The Morgan fingerprint density at radius 3 is 2.44 bits per heavy atom. The van der Waals surface area contributed by atoms with E-state index in [4.69, 9.17) is 19.3 Å². The molecule has 1 rings (SSSR count). The number of phenols is 1. The Kier molecular flexibility index (Phi) is 9.73. The highest BCUT2D eigenvalue weighted by Gasteiger charge is 2.20. The number of aliphatic hydroxyl groups is 2. The van der Waals surface area contributed by atoms with Gasteiger partial charge in [0.2, 0.25) is 6.29 Å². The summed E-state index contributed by atoms with van der Waals surface area (Å²) < 4.78 is 15.0. The van der Waals surface area contributed by atoms with Crippen LogP contribution in [0.5, 0.6) is 5.75 Å². The van der Waals surface area contributed by atoms with Crippen LogP contribution in [0.1, 0.15) is 43.9 Å². The number of carbonyl (C=O) groups excluding carboxylic acids is 1. The third kappa shape index (κ3) is 8.71. The lowest BCUT2D eigenvalue weighted by molar-refractivity contribution is -0.177. The lowest BCUT2D eigenvalue weighted by Crippen LogP contribution is -2.24. The normalized spacial score (nSPS) is 12.8. The Labute approximate surface area is 160 Å². The van der Waals surface area contributed by atoms with Crippen LogP contribution < -0.4 is 0 Å². The Balaban J connectivity index is 2.43. The summed E-state index contributed by atoms with van der Waals surface area (Å²) in [5.74, 6) is -0.241. The molecule has 0 amide bonds. The summed E-state index contributed by atoms with van der Waals surface area (Å²) in [5.41, 5.74) is 2.32. The van der Waals surface area contributed by atoms with Gasteiger partial charge in [-0.3, -0.25) is 4.79 Å². The van der Waals surface area contributed by atoms with Crippen molar-refractivity contribution >= 4 is 5.97 Å². The van der Waals surface area contributed by atoms with Gasteiger partial charge in [0, 0.05) is 6.42 Å². The molecule has 1 atom stereocenters. The molecule has 0 radical (unpaired) electrons. The van der Waals surface area contributed by atoms with Crippen molar-refractivity contribution in [2.24, 2.45) is 0 Å². The van der Waals surface area contributed by atoms with Crippen molar-refractivity contribution in [3.05, 3.63) is 28.8 Å². The molecule has 7 heteroatoms. The van der Waals surface area contributed by atoms with Crippen LogP contribution in [0.3, 0.4) is 0 Å². The first-order valence-electron chi connectivity index (χ1n) is 9.12. The van der Waals surface area contributed by atoms with E-state index in [0.717, 1.165) is 16.7 Å². The molecule has 154 valence electrons. The number of ether oxygens (including phenoxy) is 3. The van der Waals surface area contributed by atoms with Crippen molar-refractivity contribution in [3.8, 4) is 5.75 Å². The molecule has 27 heavy (non-hydrogen) atoms. The van der Waals surface area contributed by atoms with Gasteiger partial charge in [-0.25, -0.2) is 0 Å². The lowest BCUT2D eigenvalue weighted by Gasteiger charge is -2.22. The minimum atomic E-state index is -1.33. The highest BCUT2D eigenvalue weighted by Crippen LogP contribution is 2.34. The molecule has 0 heterocycles. The zero-order valence-electron chi connectivity index (χ0n) is 16.7. The van der Waals surface area contributed by atoms with Crippen LogP contribution in [0.15, 0.2) is 12.1 Å². The molecule has 1 aromatic carbocycles. The van der Waals surface area contributed by atoms with Gasteiger partial charge in [0.15, 0.2) is 0 Å². The van der Waals surface area contributed by atoms with Gasteiger partial charge in [-0.1, -0.05) is 32.9 Å². The fourth-order valence-corrected chi connectivity index (χ4v) is 2.53. The van der Waals surface area contributed by atoms with E-state index in [1.165, 1.54) is 0 Å². The first-order valence-corrected chi connectivity index (χ1v) is 9.12. The third-order valence-electron chi connectivity index (χ3n) is 3.92. The second-order valence-electron chi connectivity index (χ2n) is 7.41. The molecule has 0 aliphatic rings. The van der Waals surface area contributed by atoms with Crippen LogP contribution >= 0.6 is 0 Å². The molecule has 0 fully saturated rings. The molecular formula is C20H32O7. The summed E-state index contributed by atoms with van der Waals surface area (Å²) in [7, 11) is 0. The van der Waals surface area contributed by atoms with Gasteiger partial charge in [-0.05, 0) is 35.4 Å². The quantitative estimate of drug-likeness (QED) is 0.304. The summed E-state index contributed by atoms with van der Waals surface area (Å²) in [6.07, 6.45) is -0.766. The molecule has 0 saturated heterocycles. The second-order valence-corrected chi connectivity index (χ2v) is 7.41. The predicted octanol–water partition coefficient (Wildman–Crippen LogP) is 1.82. The van der Waals surface area contributed by atoms with Crippen LogP contribution in [0.25, 0.3) is 0 Å². The van der Waals surface area contributed by atoms with Gasteiger partial charge in [0.25, 0.3) is 0 Å². The average Bonchev–Trinajstić information content (AvgIpc) is 2.57. The van der Waals surface area contributed by atoms with Crippen molar-refractivity contribution in [1.29, 1.82) is 0 Å². The Morgan fingerprint density at radius 1 is 1.15 bits per heavy atom. The van der Waals surface area contributed by atoms with Crippen LogP contribution in [-0.4, -0.2) is 60.6 Å². The topological polar surface area (TPSA) is 105 Å². The average molecular weight is 384 g/mol. The monoisotopic (exact) mass is 384 g/mol. The van der Waals surface area contributed by atoms with E-state index in [0.29, 0.717) is 6.42 Å². The Bertz CT molecular complexity index is 593. The molecule has 1 aromatic rings. The highest BCUT2D eigenvalue weighted by molar-refractivity contribution is 5.70. The van der Waals surface area contributed by atoms with Crippen molar-refractivity contribution in [3.63, 3.8) is 0 Å². The number of carbonyl (C=O) groups is 1. The molecule has 3 N–H and O–H groups in total. The molecule has 0 saturated carbocycles. The number of benzene rings is 1. The van der Waals surface area contributed by atoms with Gasteiger partial charge >= 0.3 is 5.97 Å². The minimum absolute atomic E-state index is 0.0575. The SMILES string of the molecule is Cc1cc(CCC(=O)OC(O)COCCOCCO)cc(C(C)(C)C)c1O. The van der Waals surface area contributed by atoms with E-state index in [1.54, 1.807) is 0 Å². The maximum Gasteiger partial charge on any atom is 0.308 e. The fraction of sp³-hybridized carbons (Fsp3) is 0.650. The van der Waals surface area contributed by atoms with Crippen molar-refractivity contribution < 1.29 is 34.3 Å². The Morgan fingerprint density at radius 2 is 1.81 bits per heavy atom. The lowest BCUT2D eigenvalue weighted by atomic mass is 9.83. The van der Waals surface area contributed by atoms with Gasteiger partial charge in [0.1, 0.15) is 12.4 Å². The van der Waals surface area contributed by atoms with Gasteiger partial charge in [-0.15, -0.1) is 0 Å².